The van der Waals surface area contributed by atoms with Crippen LogP contribution in [0.1, 0.15) is 12.0 Å². The number of hydrogen-bond acceptors (Lipinski definition) is 7. The molecule has 1 aromatic carbocycles. The molecule has 1 fully saturated rings. The van der Waals surface area contributed by atoms with Crippen molar-refractivity contribution in [2.75, 3.05) is 37.5 Å². The Kier molecular flexibility index (Phi) is 5.11. The first kappa shape index (κ1) is 17.8. The molecular weight excluding hydrogens is 336 g/mol. The molecule has 0 amide bonds. The smallest absolute Gasteiger partial charge is 0.314 e. The Balaban J connectivity index is 1.76. The van der Waals surface area contributed by atoms with E-state index >= 15 is 0 Å². The number of aryl methyl sites for hydroxylation is 1. The largest absolute Gasteiger partial charge is 0.497 e. The standard InChI is InChI=1S/C18H22N4O4/c1-12-4-6-19-18(17(12)22(23)24)20-13-5-7-21(11-13)14-8-15(25-2)10-16(9-14)26-3/h4,6,8-10,13H,5,7,11H2,1-3H3,(H,19,20). The first-order valence-electron chi connectivity index (χ1n) is 8.36. The van der Waals surface area contributed by atoms with Gasteiger partial charge in [-0.1, -0.05) is 0 Å². The Morgan fingerprint density at radius 3 is 2.58 bits per heavy atom. The van der Waals surface area contributed by atoms with Crippen LogP contribution in [0.5, 0.6) is 11.5 Å². The van der Waals surface area contributed by atoms with E-state index in [9.17, 15) is 10.1 Å². The summed E-state index contributed by atoms with van der Waals surface area (Å²) >= 11 is 0. The van der Waals surface area contributed by atoms with Gasteiger partial charge in [0, 0.05) is 54.8 Å². The van der Waals surface area contributed by atoms with E-state index in [1.807, 2.05) is 18.2 Å². The molecule has 1 saturated heterocycles. The van der Waals surface area contributed by atoms with Crippen molar-refractivity contribution in [1.29, 1.82) is 0 Å². The van der Waals surface area contributed by atoms with Crippen molar-refractivity contribution in [2.24, 2.45) is 0 Å². The van der Waals surface area contributed by atoms with Crippen LogP contribution in [0.3, 0.4) is 0 Å². The van der Waals surface area contributed by atoms with Gasteiger partial charge in [0.25, 0.3) is 0 Å². The third-order valence-corrected chi connectivity index (χ3v) is 4.54. The van der Waals surface area contributed by atoms with Gasteiger partial charge >= 0.3 is 5.69 Å². The van der Waals surface area contributed by atoms with Gasteiger partial charge < -0.3 is 19.7 Å². The van der Waals surface area contributed by atoms with Crippen molar-refractivity contribution in [3.05, 3.63) is 46.1 Å². The van der Waals surface area contributed by atoms with Crippen LogP contribution in [0, 0.1) is 17.0 Å². The lowest BCUT2D eigenvalue weighted by atomic mass is 10.2. The number of methoxy groups -OCH3 is 2. The fourth-order valence-electron chi connectivity index (χ4n) is 3.17. The van der Waals surface area contributed by atoms with Crippen LogP contribution in [-0.4, -0.2) is 43.3 Å². The zero-order valence-electron chi connectivity index (χ0n) is 15.1. The zero-order chi connectivity index (χ0) is 18.7. The molecule has 0 aliphatic carbocycles. The summed E-state index contributed by atoms with van der Waals surface area (Å²) in [4.78, 5) is 17.3. The van der Waals surface area contributed by atoms with Crippen molar-refractivity contribution >= 4 is 17.2 Å². The second-order valence-corrected chi connectivity index (χ2v) is 6.23. The molecule has 138 valence electrons. The van der Waals surface area contributed by atoms with Crippen molar-refractivity contribution in [3.8, 4) is 11.5 Å². The molecule has 26 heavy (non-hydrogen) atoms. The molecule has 8 nitrogen and oxygen atoms in total. The van der Waals surface area contributed by atoms with Crippen LogP contribution in [0.25, 0.3) is 0 Å². The van der Waals surface area contributed by atoms with E-state index in [0.717, 1.165) is 30.2 Å². The first-order chi connectivity index (χ1) is 12.5. The SMILES string of the molecule is COc1cc(OC)cc(N2CCC(Nc3nccc(C)c3[N+](=O)[O-])C2)c1. The molecule has 0 spiro atoms. The fourth-order valence-corrected chi connectivity index (χ4v) is 3.17. The van der Waals surface area contributed by atoms with E-state index < -0.39 is 0 Å². The molecular formula is C18H22N4O4. The number of aromatic nitrogens is 1. The van der Waals surface area contributed by atoms with Gasteiger partial charge in [-0.2, -0.15) is 0 Å². The van der Waals surface area contributed by atoms with Gasteiger partial charge in [-0.3, -0.25) is 10.1 Å². The van der Waals surface area contributed by atoms with Gasteiger partial charge in [0.2, 0.25) is 5.82 Å². The van der Waals surface area contributed by atoms with Crippen LogP contribution in [0.4, 0.5) is 17.2 Å². The molecule has 0 radical (unpaired) electrons. The van der Waals surface area contributed by atoms with E-state index in [4.69, 9.17) is 9.47 Å². The lowest BCUT2D eigenvalue weighted by Crippen LogP contribution is -2.26. The predicted octanol–water partition coefficient (Wildman–Crippen LogP) is 3.01. The number of hydrogen-bond donors (Lipinski definition) is 1. The van der Waals surface area contributed by atoms with E-state index in [0.29, 0.717) is 17.9 Å². The number of rotatable bonds is 6. The Bertz CT molecular complexity index is 790. The number of anilines is 2. The van der Waals surface area contributed by atoms with E-state index in [1.54, 1.807) is 33.4 Å². The average molecular weight is 358 g/mol. The molecule has 8 heteroatoms. The third-order valence-electron chi connectivity index (χ3n) is 4.54. The number of ether oxygens (including phenoxy) is 2. The fraction of sp³-hybridized carbons (Fsp3) is 0.389. The number of nitrogens with one attached hydrogen (secondary N) is 1. The molecule has 1 aromatic heterocycles. The van der Waals surface area contributed by atoms with Gasteiger partial charge in [0.05, 0.1) is 19.1 Å². The van der Waals surface area contributed by atoms with E-state index in [2.05, 4.69) is 15.2 Å². The van der Waals surface area contributed by atoms with Gasteiger partial charge in [0.1, 0.15) is 11.5 Å². The third kappa shape index (κ3) is 3.63. The molecule has 0 bridgehead atoms. The molecule has 1 aliphatic heterocycles. The van der Waals surface area contributed by atoms with Crippen LogP contribution in [0.15, 0.2) is 30.5 Å². The summed E-state index contributed by atoms with van der Waals surface area (Å²) in [5.74, 6) is 1.78. The van der Waals surface area contributed by atoms with Crippen LogP contribution >= 0.6 is 0 Å². The number of pyridine rings is 1. The molecule has 3 rings (SSSR count). The quantitative estimate of drug-likeness (QED) is 0.627. The van der Waals surface area contributed by atoms with Crippen molar-refractivity contribution in [1.82, 2.24) is 4.98 Å². The Labute approximate surface area is 151 Å². The topological polar surface area (TPSA) is 89.8 Å². The first-order valence-corrected chi connectivity index (χ1v) is 8.36. The lowest BCUT2D eigenvalue weighted by Gasteiger charge is -2.21. The van der Waals surface area contributed by atoms with Crippen molar-refractivity contribution < 1.29 is 14.4 Å². The molecule has 1 N–H and O–H groups in total. The molecule has 1 aliphatic rings. The minimum atomic E-state index is -0.385. The summed E-state index contributed by atoms with van der Waals surface area (Å²) in [5, 5.41) is 14.6. The minimum absolute atomic E-state index is 0.0361. The summed E-state index contributed by atoms with van der Waals surface area (Å²) in [6.07, 6.45) is 2.44. The second-order valence-electron chi connectivity index (χ2n) is 6.23. The zero-order valence-corrected chi connectivity index (χ0v) is 15.1. The maximum absolute atomic E-state index is 11.3. The van der Waals surface area contributed by atoms with Crippen molar-refractivity contribution in [2.45, 2.75) is 19.4 Å². The predicted molar refractivity (Wildman–Crippen MR) is 99.4 cm³/mol. The highest BCUT2D eigenvalue weighted by molar-refractivity contribution is 5.61. The number of nitro groups is 1. The summed E-state index contributed by atoms with van der Waals surface area (Å²) in [6, 6.07) is 7.46. The summed E-state index contributed by atoms with van der Waals surface area (Å²) < 4.78 is 10.7. The molecule has 2 aromatic rings. The molecule has 2 heterocycles. The van der Waals surface area contributed by atoms with Gasteiger partial charge in [-0.25, -0.2) is 4.98 Å². The highest BCUT2D eigenvalue weighted by Crippen LogP contribution is 2.32. The number of benzene rings is 1. The van der Waals surface area contributed by atoms with Crippen molar-refractivity contribution in [3.63, 3.8) is 0 Å². The Morgan fingerprint density at radius 2 is 1.96 bits per heavy atom. The molecule has 1 atom stereocenters. The van der Waals surface area contributed by atoms with Gasteiger partial charge in [-0.15, -0.1) is 0 Å². The maximum Gasteiger partial charge on any atom is 0.314 e. The van der Waals surface area contributed by atoms with E-state index in [1.165, 1.54) is 0 Å². The monoisotopic (exact) mass is 358 g/mol. The number of nitrogens with zero attached hydrogens (tertiary/aromatic N) is 3. The summed E-state index contributed by atoms with van der Waals surface area (Å²) in [5.41, 5.74) is 1.63. The average Bonchev–Trinajstić information content (AvgIpc) is 3.09. The van der Waals surface area contributed by atoms with Crippen LogP contribution in [-0.2, 0) is 0 Å². The second kappa shape index (κ2) is 7.47. The summed E-state index contributed by atoms with van der Waals surface area (Å²) in [7, 11) is 3.24. The highest BCUT2D eigenvalue weighted by Gasteiger charge is 2.27. The molecule has 1 unspecified atom stereocenters. The van der Waals surface area contributed by atoms with Gasteiger partial charge in [-0.05, 0) is 19.4 Å². The normalized spacial score (nSPS) is 16.4. The minimum Gasteiger partial charge on any atom is -0.497 e. The van der Waals surface area contributed by atoms with Crippen LogP contribution < -0.4 is 19.7 Å². The molecule has 0 saturated carbocycles. The summed E-state index contributed by atoms with van der Waals surface area (Å²) in [6.45, 7) is 3.26. The maximum atomic E-state index is 11.3. The van der Waals surface area contributed by atoms with Gasteiger partial charge in [0.15, 0.2) is 0 Å². The lowest BCUT2D eigenvalue weighted by molar-refractivity contribution is -0.384. The Morgan fingerprint density at radius 1 is 1.27 bits per heavy atom. The van der Waals surface area contributed by atoms with Crippen LogP contribution in [0.2, 0.25) is 0 Å². The Hall–Kier alpha value is -3.03. The highest BCUT2D eigenvalue weighted by atomic mass is 16.6. The van der Waals surface area contributed by atoms with E-state index in [-0.39, 0.29) is 16.7 Å².